The average Bonchev–Trinajstić information content (AvgIpc) is 3.07. The summed E-state index contributed by atoms with van der Waals surface area (Å²) in [5.74, 6) is -0.638. The minimum Gasteiger partial charge on any atom is -0.497 e. The number of benzene rings is 2. The number of H-pyrrole nitrogens is 1. The standard InChI is InChI=1S/C18H17N3O3/c1-24-15-5-2-12(3-6-15)11-20-17(22)18(23)21-14-4-7-16-13(10-14)8-9-19-16/h2-10,19H,11H2,1H3,(H,20,22)(H,21,23). The van der Waals surface area contributed by atoms with Crippen LogP contribution in [0.5, 0.6) is 5.75 Å². The maximum absolute atomic E-state index is 12.0. The largest absolute Gasteiger partial charge is 0.497 e. The molecule has 24 heavy (non-hydrogen) atoms. The van der Waals surface area contributed by atoms with Crippen LogP contribution in [0.3, 0.4) is 0 Å². The summed E-state index contributed by atoms with van der Waals surface area (Å²) in [6.45, 7) is 0.271. The normalized spacial score (nSPS) is 10.4. The first-order valence-corrected chi connectivity index (χ1v) is 7.45. The van der Waals surface area contributed by atoms with E-state index in [0.717, 1.165) is 22.2 Å². The van der Waals surface area contributed by atoms with E-state index in [1.165, 1.54) is 0 Å². The molecule has 0 aliphatic carbocycles. The first-order chi connectivity index (χ1) is 11.7. The summed E-state index contributed by atoms with van der Waals surface area (Å²) in [6.07, 6.45) is 1.82. The number of nitrogens with one attached hydrogen (secondary N) is 3. The fourth-order valence-corrected chi connectivity index (χ4v) is 2.32. The van der Waals surface area contributed by atoms with Crippen LogP contribution in [0.25, 0.3) is 10.9 Å². The molecular weight excluding hydrogens is 306 g/mol. The number of amides is 2. The van der Waals surface area contributed by atoms with Gasteiger partial charge in [0.1, 0.15) is 5.75 Å². The van der Waals surface area contributed by atoms with E-state index in [0.29, 0.717) is 5.69 Å². The summed E-state index contributed by atoms with van der Waals surface area (Å²) in [6, 6.07) is 14.6. The third kappa shape index (κ3) is 3.55. The van der Waals surface area contributed by atoms with Crippen molar-refractivity contribution in [1.82, 2.24) is 10.3 Å². The second-order valence-electron chi connectivity index (χ2n) is 5.26. The molecule has 1 aromatic heterocycles. The molecule has 2 aromatic carbocycles. The zero-order chi connectivity index (χ0) is 16.9. The van der Waals surface area contributed by atoms with E-state index in [9.17, 15) is 9.59 Å². The SMILES string of the molecule is COc1ccc(CNC(=O)C(=O)Nc2ccc3[nH]ccc3c2)cc1. The van der Waals surface area contributed by atoms with Gasteiger partial charge < -0.3 is 20.4 Å². The van der Waals surface area contributed by atoms with Gasteiger partial charge in [0.15, 0.2) is 0 Å². The van der Waals surface area contributed by atoms with E-state index in [1.807, 2.05) is 30.5 Å². The van der Waals surface area contributed by atoms with Gasteiger partial charge in [-0.1, -0.05) is 12.1 Å². The lowest BCUT2D eigenvalue weighted by Gasteiger charge is -2.07. The molecule has 0 aliphatic rings. The number of carbonyl (C=O) groups excluding carboxylic acids is 2. The molecule has 3 aromatic rings. The van der Waals surface area contributed by atoms with Gasteiger partial charge in [-0.15, -0.1) is 0 Å². The van der Waals surface area contributed by atoms with Crippen molar-refractivity contribution < 1.29 is 14.3 Å². The molecule has 122 valence electrons. The summed E-state index contributed by atoms with van der Waals surface area (Å²) in [4.78, 5) is 26.9. The van der Waals surface area contributed by atoms with E-state index >= 15 is 0 Å². The molecule has 0 bridgehead atoms. The second kappa shape index (κ2) is 6.87. The highest BCUT2D eigenvalue weighted by atomic mass is 16.5. The number of hydrogen-bond donors (Lipinski definition) is 3. The average molecular weight is 323 g/mol. The van der Waals surface area contributed by atoms with Gasteiger partial charge in [-0.05, 0) is 42.0 Å². The Morgan fingerprint density at radius 2 is 1.83 bits per heavy atom. The third-order valence-corrected chi connectivity index (χ3v) is 3.63. The van der Waals surface area contributed by atoms with Crippen LogP contribution >= 0.6 is 0 Å². The van der Waals surface area contributed by atoms with Gasteiger partial charge >= 0.3 is 11.8 Å². The lowest BCUT2D eigenvalue weighted by atomic mass is 10.2. The minimum absolute atomic E-state index is 0.271. The number of ether oxygens (including phenoxy) is 1. The number of hydrogen-bond acceptors (Lipinski definition) is 3. The van der Waals surface area contributed by atoms with Crippen molar-refractivity contribution in [2.24, 2.45) is 0 Å². The fraction of sp³-hybridized carbons (Fsp3) is 0.111. The smallest absolute Gasteiger partial charge is 0.313 e. The van der Waals surface area contributed by atoms with Crippen molar-refractivity contribution in [3.8, 4) is 5.75 Å². The zero-order valence-corrected chi connectivity index (χ0v) is 13.1. The summed E-state index contributed by atoms with van der Waals surface area (Å²) < 4.78 is 5.07. The Kier molecular flexibility index (Phi) is 4.47. The van der Waals surface area contributed by atoms with Crippen molar-refractivity contribution in [2.45, 2.75) is 6.54 Å². The number of methoxy groups -OCH3 is 1. The van der Waals surface area contributed by atoms with Crippen molar-refractivity contribution >= 4 is 28.4 Å². The zero-order valence-electron chi connectivity index (χ0n) is 13.1. The third-order valence-electron chi connectivity index (χ3n) is 3.63. The Hall–Kier alpha value is -3.28. The highest BCUT2D eigenvalue weighted by molar-refractivity contribution is 6.39. The van der Waals surface area contributed by atoms with Gasteiger partial charge in [-0.25, -0.2) is 0 Å². The summed E-state index contributed by atoms with van der Waals surface area (Å²) in [5, 5.41) is 6.15. The predicted molar refractivity (Wildman–Crippen MR) is 91.8 cm³/mol. The Bertz CT molecular complexity index is 869. The molecule has 0 saturated carbocycles. The molecule has 6 heteroatoms. The summed E-state index contributed by atoms with van der Waals surface area (Å²) in [7, 11) is 1.59. The molecule has 0 atom stereocenters. The quantitative estimate of drug-likeness (QED) is 0.645. The molecule has 3 N–H and O–H groups in total. The molecule has 0 fully saturated rings. The van der Waals surface area contributed by atoms with Crippen molar-refractivity contribution in [2.75, 3.05) is 12.4 Å². The van der Waals surface area contributed by atoms with E-state index in [4.69, 9.17) is 4.74 Å². The maximum Gasteiger partial charge on any atom is 0.313 e. The Morgan fingerprint density at radius 1 is 1.04 bits per heavy atom. The van der Waals surface area contributed by atoms with Gasteiger partial charge in [0.05, 0.1) is 7.11 Å². The Morgan fingerprint density at radius 3 is 2.58 bits per heavy atom. The van der Waals surface area contributed by atoms with Crippen LogP contribution in [0.1, 0.15) is 5.56 Å². The molecule has 6 nitrogen and oxygen atoms in total. The van der Waals surface area contributed by atoms with Crippen LogP contribution in [0, 0.1) is 0 Å². The first kappa shape index (κ1) is 15.6. The van der Waals surface area contributed by atoms with Crippen LogP contribution in [-0.4, -0.2) is 23.9 Å². The topological polar surface area (TPSA) is 83.2 Å². The second-order valence-corrected chi connectivity index (χ2v) is 5.26. The van der Waals surface area contributed by atoms with Gasteiger partial charge in [0.25, 0.3) is 0 Å². The molecule has 0 radical (unpaired) electrons. The predicted octanol–water partition coefficient (Wildman–Crippen LogP) is 2.43. The van der Waals surface area contributed by atoms with Crippen molar-refractivity contribution in [3.05, 3.63) is 60.3 Å². The van der Waals surface area contributed by atoms with Gasteiger partial charge in [0, 0.05) is 29.3 Å². The maximum atomic E-state index is 12.0. The van der Waals surface area contributed by atoms with Crippen LogP contribution in [0.4, 0.5) is 5.69 Å². The molecule has 3 rings (SSSR count). The van der Waals surface area contributed by atoms with Crippen molar-refractivity contribution in [1.29, 1.82) is 0 Å². The summed E-state index contributed by atoms with van der Waals surface area (Å²) in [5.41, 5.74) is 2.43. The van der Waals surface area contributed by atoms with E-state index in [2.05, 4.69) is 15.6 Å². The molecule has 1 heterocycles. The molecule has 0 spiro atoms. The van der Waals surface area contributed by atoms with Crippen molar-refractivity contribution in [3.63, 3.8) is 0 Å². The van der Waals surface area contributed by atoms with E-state index in [1.54, 1.807) is 31.4 Å². The highest BCUT2D eigenvalue weighted by Crippen LogP contribution is 2.17. The molecule has 0 unspecified atom stereocenters. The minimum atomic E-state index is -0.696. The number of anilines is 1. The first-order valence-electron chi connectivity index (χ1n) is 7.45. The molecule has 0 aliphatic heterocycles. The highest BCUT2D eigenvalue weighted by Gasteiger charge is 2.13. The van der Waals surface area contributed by atoms with Gasteiger partial charge in [0.2, 0.25) is 0 Å². The number of fused-ring (bicyclic) bond motifs is 1. The summed E-state index contributed by atoms with van der Waals surface area (Å²) >= 11 is 0. The van der Waals surface area contributed by atoms with Crippen LogP contribution in [0.15, 0.2) is 54.7 Å². The molecule has 0 saturated heterocycles. The van der Waals surface area contributed by atoms with Gasteiger partial charge in [-0.3, -0.25) is 9.59 Å². The van der Waals surface area contributed by atoms with Crippen LogP contribution in [0.2, 0.25) is 0 Å². The molecule has 2 amide bonds. The van der Waals surface area contributed by atoms with Gasteiger partial charge in [-0.2, -0.15) is 0 Å². The number of aromatic amines is 1. The van der Waals surface area contributed by atoms with Crippen LogP contribution in [-0.2, 0) is 16.1 Å². The monoisotopic (exact) mass is 323 g/mol. The fourth-order valence-electron chi connectivity index (χ4n) is 2.32. The number of rotatable bonds is 4. The Labute approximate surface area is 138 Å². The molecular formula is C18H17N3O3. The lowest BCUT2D eigenvalue weighted by Crippen LogP contribution is -2.34. The Balaban J connectivity index is 1.56. The van der Waals surface area contributed by atoms with E-state index < -0.39 is 11.8 Å². The lowest BCUT2D eigenvalue weighted by molar-refractivity contribution is -0.136. The number of carbonyl (C=O) groups is 2. The van der Waals surface area contributed by atoms with Crippen LogP contribution < -0.4 is 15.4 Å². The number of aromatic nitrogens is 1. The van der Waals surface area contributed by atoms with E-state index in [-0.39, 0.29) is 6.54 Å².